The van der Waals surface area contributed by atoms with Gasteiger partial charge in [-0.1, -0.05) is 33.6 Å². The molecule has 1 unspecified atom stereocenters. The molecule has 1 atom stereocenters. The third-order valence-electron chi connectivity index (χ3n) is 2.69. The van der Waals surface area contributed by atoms with E-state index in [-0.39, 0.29) is 5.02 Å². The van der Waals surface area contributed by atoms with Gasteiger partial charge in [0.15, 0.2) is 0 Å². The molecule has 2 aromatic rings. The molecule has 0 fully saturated rings. The quantitative estimate of drug-likeness (QED) is 0.403. The molecule has 6 heteroatoms. The number of nitrogens with two attached hydrogens (primary N) is 1. The van der Waals surface area contributed by atoms with Gasteiger partial charge in [-0.05, 0) is 68.3 Å². The van der Waals surface area contributed by atoms with Gasteiger partial charge in [-0.3, -0.25) is 0 Å². The molecule has 2 aromatic carbocycles. The first-order chi connectivity index (χ1) is 8.91. The Morgan fingerprint density at radius 3 is 2.53 bits per heavy atom. The lowest BCUT2D eigenvalue weighted by molar-refractivity contribution is 0.599. The lowest BCUT2D eigenvalue weighted by atomic mass is 9.99. The van der Waals surface area contributed by atoms with E-state index in [1.165, 1.54) is 0 Å². The predicted octanol–water partition coefficient (Wildman–Crippen LogP) is 5.66. The summed E-state index contributed by atoms with van der Waals surface area (Å²) < 4.78 is 16.6. The molecular formula is C13H8Br2ClFIN. The minimum Gasteiger partial charge on any atom is -0.320 e. The molecule has 0 spiro atoms. The molecule has 0 saturated carbocycles. The van der Waals surface area contributed by atoms with Gasteiger partial charge >= 0.3 is 0 Å². The van der Waals surface area contributed by atoms with Crippen LogP contribution in [-0.2, 0) is 0 Å². The van der Waals surface area contributed by atoms with Crippen molar-refractivity contribution in [1.82, 2.24) is 0 Å². The Bertz CT molecular complexity index is 636. The Kier molecular flexibility index (Phi) is 5.28. The van der Waals surface area contributed by atoms with Crippen molar-refractivity contribution in [1.29, 1.82) is 0 Å². The van der Waals surface area contributed by atoms with Crippen LogP contribution in [0.4, 0.5) is 4.39 Å². The van der Waals surface area contributed by atoms with Crippen molar-refractivity contribution >= 4 is 66.1 Å². The van der Waals surface area contributed by atoms with Crippen molar-refractivity contribution in [2.75, 3.05) is 0 Å². The fourth-order valence-electron chi connectivity index (χ4n) is 1.70. The highest BCUT2D eigenvalue weighted by Crippen LogP contribution is 2.33. The first kappa shape index (κ1) is 15.7. The van der Waals surface area contributed by atoms with Crippen molar-refractivity contribution in [2.24, 2.45) is 5.73 Å². The summed E-state index contributed by atoms with van der Waals surface area (Å²) in [6.45, 7) is 0. The van der Waals surface area contributed by atoms with Gasteiger partial charge in [-0.2, -0.15) is 0 Å². The summed E-state index contributed by atoms with van der Waals surface area (Å²) in [5.41, 5.74) is 7.40. The van der Waals surface area contributed by atoms with Crippen LogP contribution in [0.2, 0.25) is 5.02 Å². The normalized spacial score (nSPS) is 12.5. The number of benzene rings is 2. The monoisotopic (exact) mass is 517 g/mol. The maximum absolute atomic E-state index is 14.2. The van der Waals surface area contributed by atoms with E-state index in [4.69, 9.17) is 17.3 Å². The third-order valence-corrected chi connectivity index (χ3v) is 5.43. The highest BCUT2D eigenvalue weighted by atomic mass is 127. The van der Waals surface area contributed by atoms with Crippen molar-refractivity contribution in [3.05, 3.63) is 64.8 Å². The molecular weight excluding hydrogens is 511 g/mol. The van der Waals surface area contributed by atoms with Gasteiger partial charge in [0, 0.05) is 18.1 Å². The number of hydrogen-bond acceptors (Lipinski definition) is 1. The van der Waals surface area contributed by atoms with Gasteiger partial charge in [0.25, 0.3) is 0 Å². The van der Waals surface area contributed by atoms with Crippen molar-refractivity contribution in [2.45, 2.75) is 6.04 Å². The summed E-state index contributed by atoms with van der Waals surface area (Å²) in [7, 11) is 0. The summed E-state index contributed by atoms with van der Waals surface area (Å²) in [6.07, 6.45) is 0. The Morgan fingerprint density at radius 2 is 1.84 bits per heavy atom. The summed E-state index contributed by atoms with van der Waals surface area (Å²) in [5.74, 6) is -0.487. The van der Waals surface area contributed by atoms with Gasteiger partial charge in [0.05, 0.1) is 11.1 Å². The SMILES string of the molecule is NC(c1cc(Br)ccc1I)c1ccc(Br)c(Cl)c1F. The fraction of sp³-hybridized carbons (Fsp3) is 0.0769. The van der Waals surface area contributed by atoms with Crippen molar-refractivity contribution in [3.63, 3.8) is 0 Å². The van der Waals surface area contributed by atoms with Crippen molar-refractivity contribution in [3.8, 4) is 0 Å². The first-order valence-corrected chi connectivity index (χ1v) is 8.30. The van der Waals surface area contributed by atoms with E-state index in [2.05, 4.69) is 54.5 Å². The Hall–Kier alpha value is 0.310. The van der Waals surface area contributed by atoms with Crippen LogP contribution in [0.15, 0.2) is 39.3 Å². The molecule has 19 heavy (non-hydrogen) atoms. The zero-order chi connectivity index (χ0) is 14.2. The van der Waals surface area contributed by atoms with Crippen LogP contribution in [0, 0.1) is 9.39 Å². The third kappa shape index (κ3) is 3.32. The Morgan fingerprint density at radius 1 is 1.16 bits per heavy atom. The van der Waals surface area contributed by atoms with E-state index >= 15 is 0 Å². The minimum absolute atomic E-state index is 0.0537. The molecule has 0 amide bonds. The highest BCUT2D eigenvalue weighted by Gasteiger charge is 2.19. The zero-order valence-electron chi connectivity index (χ0n) is 9.43. The maximum atomic E-state index is 14.2. The molecule has 0 radical (unpaired) electrons. The minimum atomic E-state index is -0.560. The number of hydrogen-bond donors (Lipinski definition) is 1. The van der Waals surface area contributed by atoms with E-state index in [0.29, 0.717) is 10.0 Å². The van der Waals surface area contributed by atoms with Crippen LogP contribution in [-0.4, -0.2) is 0 Å². The molecule has 0 saturated heterocycles. The van der Waals surface area contributed by atoms with E-state index in [1.54, 1.807) is 12.1 Å². The van der Waals surface area contributed by atoms with Gasteiger partial charge in [-0.15, -0.1) is 0 Å². The van der Waals surface area contributed by atoms with Gasteiger partial charge in [0.1, 0.15) is 5.82 Å². The van der Waals surface area contributed by atoms with Crippen LogP contribution in [0.1, 0.15) is 17.2 Å². The summed E-state index contributed by atoms with van der Waals surface area (Å²) in [4.78, 5) is 0. The molecule has 2 N–H and O–H groups in total. The lowest BCUT2D eigenvalue weighted by Crippen LogP contribution is -2.15. The van der Waals surface area contributed by atoms with E-state index in [0.717, 1.165) is 13.6 Å². The highest BCUT2D eigenvalue weighted by molar-refractivity contribution is 14.1. The molecule has 0 bridgehead atoms. The average Bonchev–Trinajstić information content (AvgIpc) is 2.38. The summed E-state index contributed by atoms with van der Waals surface area (Å²) >= 11 is 14.7. The molecule has 0 aromatic heterocycles. The zero-order valence-corrected chi connectivity index (χ0v) is 15.5. The van der Waals surface area contributed by atoms with Crippen LogP contribution >= 0.6 is 66.1 Å². The standard InChI is InChI=1S/C13H8Br2ClFIN/c14-6-1-4-10(18)8(5-6)13(19)7-2-3-9(15)11(16)12(7)17/h1-5,13H,19H2. The second-order valence-electron chi connectivity index (χ2n) is 3.91. The van der Waals surface area contributed by atoms with Gasteiger partial charge in [-0.25, -0.2) is 4.39 Å². The van der Waals surface area contributed by atoms with Gasteiger partial charge in [0.2, 0.25) is 0 Å². The van der Waals surface area contributed by atoms with E-state index in [9.17, 15) is 4.39 Å². The topological polar surface area (TPSA) is 26.0 Å². The van der Waals surface area contributed by atoms with Crippen LogP contribution < -0.4 is 5.73 Å². The first-order valence-electron chi connectivity index (χ1n) is 5.25. The molecule has 100 valence electrons. The Labute approximate surface area is 146 Å². The summed E-state index contributed by atoms with van der Waals surface area (Å²) in [5, 5.41) is 0.0537. The van der Waals surface area contributed by atoms with Crippen LogP contribution in [0.5, 0.6) is 0 Å². The largest absolute Gasteiger partial charge is 0.320 e. The van der Waals surface area contributed by atoms with E-state index in [1.807, 2.05) is 18.2 Å². The predicted molar refractivity (Wildman–Crippen MR) is 92.0 cm³/mol. The molecule has 2 rings (SSSR count). The number of rotatable bonds is 2. The van der Waals surface area contributed by atoms with Gasteiger partial charge < -0.3 is 5.73 Å². The second-order valence-corrected chi connectivity index (χ2v) is 7.22. The Balaban J connectivity index is 2.53. The van der Waals surface area contributed by atoms with Crippen LogP contribution in [0.25, 0.3) is 0 Å². The smallest absolute Gasteiger partial charge is 0.148 e. The number of halogens is 5. The maximum Gasteiger partial charge on any atom is 0.148 e. The lowest BCUT2D eigenvalue weighted by Gasteiger charge is -2.16. The van der Waals surface area contributed by atoms with Crippen molar-refractivity contribution < 1.29 is 4.39 Å². The molecule has 0 aliphatic heterocycles. The van der Waals surface area contributed by atoms with Crippen LogP contribution in [0.3, 0.4) is 0 Å². The molecule has 0 aliphatic rings. The summed E-state index contributed by atoms with van der Waals surface area (Å²) in [6, 6.07) is 8.52. The molecule has 0 aliphatic carbocycles. The molecule has 0 heterocycles. The molecule has 1 nitrogen and oxygen atoms in total. The average molecular weight is 519 g/mol. The second kappa shape index (κ2) is 6.39. The fourth-order valence-corrected chi connectivity index (χ4v) is 3.23. The van der Waals surface area contributed by atoms with E-state index < -0.39 is 11.9 Å².